The summed E-state index contributed by atoms with van der Waals surface area (Å²) in [7, 11) is 0. The molecule has 0 aliphatic carbocycles. The molecule has 0 spiro atoms. The number of H-pyrrole nitrogens is 1. The number of fused-ring (bicyclic) bond motifs is 1. The van der Waals surface area contributed by atoms with E-state index in [-0.39, 0.29) is 30.7 Å². The number of aromatic nitrogens is 7. The zero-order valence-electron chi connectivity index (χ0n) is 20.9. The van der Waals surface area contributed by atoms with Crippen molar-refractivity contribution in [3.63, 3.8) is 0 Å². The average molecular weight is 523 g/mol. The van der Waals surface area contributed by atoms with Gasteiger partial charge >= 0.3 is 17.7 Å². The van der Waals surface area contributed by atoms with Crippen molar-refractivity contribution in [1.29, 1.82) is 0 Å². The van der Waals surface area contributed by atoms with Gasteiger partial charge in [0, 0.05) is 12.7 Å². The van der Waals surface area contributed by atoms with E-state index in [9.17, 15) is 9.59 Å². The molecule has 0 aliphatic rings. The van der Waals surface area contributed by atoms with Crippen LogP contribution in [0.25, 0.3) is 11.2 Å². The summed E-state index contributed by atoms with van der Waals surface area (Å²) in [4.78, 5) is 34.0. The van der Waals surface area contributed by atoms with Crippen LogP contribution in [-0.4, -0.2) is 91.8 Å². The number of hydrogen-bond donors (Lipinski definition) is 3. The largest absolute Gasteiger partial charge is 0.480 e. The number of ether oxygens (including phenoxy) is 4. The predicted octanol–water partition coefficient (Wildman–Crippen LogP) is 0.239. The van der Waals surface area contributed by atoms with Gasteiger partial charge in [0.25, 0.3) is 0 Å². The number of carboxylic acids is 1. The van der Waals surface area contributed by atoms with Crippen molar-refractivity contribution in [3.8, 4) is 6.01 Å². The van der Waals surface area contributed by atoms with Crippen LogP contribution < -0.4 is 16.2 Å². The van der Waals surface area contributed by atoms with E-state index in [1.807, 2.05) is 6.20 Å². The smallest absolute Gasteiger partial charge is 0.329 e. The minimum atomic E-state index is -1.01. The molecule has 37 heavy (non-hydrogen) atoms. The number of anilines is 1. The van der Waals surface area contributed by atoms with E-state index in [4.69, 9.17) is 29.8 Å². The molecule has 0 atom stereocenters. The first-order valence-corrected chi connectivity index (χ1v) is 12.2. The van der Waals surface area contributed by atoms with E-state index in [2.05, 4.69) is 32.2 Å². The number of nitrogen functional groups attached to an aromatic ring is 1. The first-order valence-electron chi connectivity index (χ1n) is 12.2. The number of nitrogens with two attached hydrogens (primary N) is 1. The zero-order valence-corrected chi connectivity index (χ0v) is 20.9. The van der Waals surface area contributed by atoms with E-state index in [1.165, 1.54) is 4.57 Å². The highest BCUT2D eigenvalue weighted by Gasteiger charge is 2.14. The molecule has 0 radical (unpaired) electrons. The normalized spacial score (nSPS) is 11.4. The zero-order chi connectivity index (χ0) is 26.5. The van der Waals surface area contributed by atoms with Crippen molar-refractivity contribution in [1.82, 2.24) is 34.5 Å². The highest BCUT2D eigenvalue weighted by molar-refractivity contribution is 5.81. The Morgan fingerprint density at radius 2 is 1.81 bits per heavy atom. The van der Waals surface area contributed by atoms with Gasteiger partial charge in [-0.2, -0.15) is 9.97 Å². The van der Waals surface area contributed by atoms with E-state index < -0.39 is 5.97 Å². The van der Waals surface area contributed by atoms with Gasteiger partial charge < -0.3 is 34.8 Å². The fourth-order valence-corrected chi connectivity index (χ4v) is 3.35. The maximum Gasteiger partial charge on any atom is 0.329 e. The molecular formula is C22H34N8O7. The lowest BCUT2D eigenvalue weighted by Crippen LogP contribution is -2.17. The molecule has 0 aliphatic heterocycles. The lowest BCUT2D eigenvalue weighted by Gasteiger charge is -2.06. The van der Waals surface area contributed by atoms with Crippen LogP contribution in [0, 0.1) is 0 Å². The van der Waals surface area contributed by atoms with Gasteiger partial charge in [-0.3, -0.25) is 4.57 Å². The van der Waals surface area contributed by atoms with Crippen LogP contribution in [0.2, 0.25) is 0 Å². The van der Waals surface area contributed by atoms with Crippen LogP contribution in [0.4, 0.5) is 5.82 Å². The summed E-state index contributed by atoms with van der Waals surface area (Å²) in [5.74, 6) is -0.832. The Morgan fingerprint density at radius 1 is 1.05 bits per heavy atom. The van der Waals surface area contributed by atoms with Crippen molar-refractivity contribution < 1.29 is 28.8 Å². The predicted molar refractivity (Wildman–Crippen MR) is 131 cm³/mol. The van der Waals surface area contributed by atoms with Crippen molar-refractivity contribution in [2.75, 3.05) is 52.0 Å². The first kappa shape index (κ1) is 28.0. The molecule has 3 aromatic heterocycles. The summed E-state index contributed by atoms with van der Waals surface area (Å²) >= 11 is 0. The number of carboxylic acid groups (broad SMARTS) is 1. The molecule has 204 valence electrons. The van der Waals surface area contributed by atoms with Crippen LogP contribution in [0.5, 0.6) is 6.01 Å². The number of rotatable bonds is 19. The summed E-state index contributed by atoms with van der Waals surface area (Å²) < 4.78 is 24.4. The lowest BCUT2D eigenvalue weighted by molar-refractivity contribution is -0.142. The average Bonchev–Trinajstić information content (AvgIpc) is 3.44. The minimum Gasteiger partial charge on any atom is -0.480 e. The van der Waals surface area contributed by atoms with E-state index >= 15 is 0 Å². The maximum absolute atomic E-state index is 12.5. The molecule has 15 heteroatoms. The number of carbonyl (C=O) groups is 1. The first-order chi connectivity index (χ1) is 18.0. The summed E-state index contributed by atoms with van der Waals surface area (Å²) in [5, 5.41) is 16.7. The summed E-state index contributed by atoms with van der Waals surface area (Å²) in [6.45, 7) is 4.92. The number of nitrogens with zero attached hydrogens (tertiary/aromatic N) is 6. The third-order valence-electron chi connectivity index (χ3n) is 5.19. The molecule has 3 aromatic rings. The Hall–Kier alpha value is -3.56. The van der Waals surface area contributed by atoms with E-state index in [0.29, 0.717) is 70.1 Å². The molecule has 0 saturated heterocycles. The molecule has 0 aromatic carbocycles. The Labute approximate surface area is 212 Å². The fourth-order valence-electron chi connectivity index (χ4n) is 3.35. The van der Waals surface area contributed by atoms with Gasteiger partial charge in [-0.1, -0.05) is 18.6 Å². The van der Waals surface area contributed by atoms with Gasteiger partial charge in [0.2, 0.25) is 0 Å². The van der Waals surface area contributed by atoms with Crippen LogP contribution in [-0.2, 0) is 38.5 Å². The summed E-state index contributed by atoms with van der Waals surface area (Å²) in [6, 6.07) is 0.160. The maximum atomic E-state index is 12.5. The number of nitrogens with one attached hydrogen (secondary N) is 1. The highest BCUT2D eigenvalue weighted by atomic mass is 16.5. The standard InChI is InChI=1S/C22H34N8O7/c1-2-3-8-37-21-25-19(23)18-20(26-21)30(22(33)24-18)6-4-5-16-14-29(28-27-16)7-9-34-10-11-35-12-13-36-15-17(31)32/h14H,2-13,15H2,1H3,(H,24,33)(H,31,32)(H2,23,25,26). The Bertz CT molecular complexity index is 1180. The van der Waals surface area contributed by atoms with Gasteiger partial charge in [0.1, 0.15) is 12.1 Å². The second-order valence-corrected chi connectivity index (χ2v) is 8.12. The van der Waals surface area contributed by atoms with E-state index in [0.717, 1.165) is 18.5 Å². The van der Waals surface area contributed by atoms with Crippen LogP contribution in [0.1, 0.15) is 31.9 Å². The van der Waals surface area contributed by atoms with Gasteiger partial charge in [0.05, 0.1) is 51.9 Å². The van der Waals surface area contributed by atoms with Gasteiger partial charge in [-0.15, -0.1) is 5.10 Å². The van der Waals surface area contributed by atoms with Crippen LogP contribution in [0.15, 0.2) is 11.0 Å². The monoisotopic (exact) mass is 522 g/mol. The molecule has 0 saturated carbocycles. The van der Waals surface area contributed by atoms with Gasteiger partial charge in [0.15, 0.2) is 11.5 Å². The molecule has 15 nitrogen and oxygen atoms in total. The van der Waals surface area contributed by atoms with Crippen molar-refractivity contribution in [3.05, 3.63) is 22.4 Å². The molecule has 4 N–H and O–H groups in total. The molecule has 3 heterocycles. The van der Waals surface area contributed by atoms with Gasteiger partial charge in [-0.25, -0.2) is 14.3 Å². The SMILES string of the molecule is CCCCOc1nc(N)c2[nH]c(=O)n(CCCc3cn(CCOCCOCCOCC(=O)O)nn3)c2n1. The third-order valence-corrected chi connectivity index (χ3v) is 5.19. The number of hydrogen-bond acceptors (Lipinski definition) is 11. The highest BCUT2D eigenvalue weighted by Crippen LogP contribution is 2.18. The topological polar surface area (TPSA) is 195 Å². The Morgan fingerprint density at radius 3 is 2.57 bits per heavy atom. The van der Waals surface area contributed by atoms with Crippen molar-refractivity contribution in [2.45, 2.75) is 45.7 Å². The van der Waals surface area contributed by atoms with Crippen LogP contribution in [0.3, 0.4) is 0 Å². The molecule has 3 rings (SSSR count). The second kappa shape index (κ2) is 14.9. The fraction of sp³-hybridized carbons (Fsp3) is 0.636. The second-order valence-electron chi connectivity index (χ2n) is 8.12. The molecular weight excluding hydrogens is 488 g/mol. The molecule has 0 amide bonds. The quantitative estimate of drug-likeness (QED) is 0.182. The number of aliphatic carboxylic acids is 1. The Balaban J connectivity index is 1.37. The third kappa shape index (κ3) is 9.11. The van der Waals surface area contributed by atoms with Crippen molar-refractivity contribution >= 4 is 23.0 Å². The molecule has 0 fully saturated rings. The number of aryl methyl sites for hydroxylation is 2. The van der Waals surface area contributed by atoms with Gasteiger partial charge in [-0.05, 0) is 19.3 Å². The number of imidazole rings is 1. The van der Waals surface area contributed by atoms with Crippen LogP contribution >= 0.6 is 0 Å². The minimum absolute atomic E-state index is 0.160. The molecule has 0 unspecified atom stereocenters. The van der Waals surface area contributed by atoms with E-state index in [1.54, 1.807) is 4.68 Å². The number of unbranched alkanes of at least 4 members (excludes halogenated alkanes) is 1. The summed E-state index contributed by atoms with van der Waals surface area (Å²) in [6.07, 6.45) is 4.96. The number of aromatic amines is 1. The van der Waals surface area contributed by atoms with Crippen molar-refractivity contribution in [2.24, 2.45) is 0 Å². The lowest BCUT2D eigenvalue weighted by atomic mass is 10.2. The molecule has 0 bridgehead atoms. The Kier molecular flexibility index (Phi) is 11.3. The summed E-state index contributed by atoms with van der Waals surface area (Å²) in [5.41, 5.74) is 7.30.